The van der Waals surface area contributed by atoms with Crippen LogP contribution in [0.2, 0.25) is 10.3 Å². The Labute approximate surface area is 85.9 Å². The third kappa shape index (κ3) is 2.30. The minimum atomic E-state index is -0.727. The maximum Gasteiger partial charge on any atom is 0.166 e. The van der Waals surface area contributed by atoms with E-state index in [2.05, 4.69) is 4.98 Å². The summed E-state index contributed by atoms with van der Waals surface area (Å²) in [6.45, 7) is 3.42. The van der Waals surface area contributed by atoms with Crippen LogP contribution >= 0.6 is 23.2 Å². The quantitative estimate of drug-likeness (QED) is 0.743. The van der Waals surface area contributed by atoms with Crippen LogP contribution in [0, 0.1) is 5.82 Å². The van der Waals surface area contributed by atoms with Gasteiger partial charge in [-0.2, -0.15) is 0 Å². The lowest BCUT2D eigenvalue weighted by Crippen LogP contribution is -2.29. The summed E-state index contributed by atoms with van der Waals surface area (Å²) >= 11 is 11.2. The van der Waals surface area contributed by atoms with Crippen LogP contribution in [0.15, 0.2) is 6.07 Å². The summed E-state index contributed by atoms with van der Waals surface area (Å²) in [5.41, 5.74) is 5.46. The smallest absolute Gasteiger partial charge is 0.166 e. The third-order valence-electron chi connectivity index (χ3n) is 1.58. The van der Waals surface area contributed by atoms with Crippen molar-refractivity contribution in [1.82, 2.24) is 4.98 Å². The molecule has 1 aromatic rings. The van der Waals surface area contributed by atoms with Crippen molar-refractivity contribution in [3.8, 4) is 0 Å². The molecule has 0 aliphatic heterocycles. The van der Waals surface area contributed by atoms with E-state index in [0.29, 0.717) is 5.56 Å². The van der Waals surface area contributed by atoms with E-state index >= 15 is 0 Å². The van der Waals surface area contributed by atoms with Gasteiger partial charge < -0.3 is 5.73 Å². The molecule has 0 aromatic carbocycles. The minimum absolute atomic E-state index is 0.138. The Kier molecular flexibility index (Phi) is 2.80. The van der Waals surface area contributed by atoms with E-state index in [9.17, 15) is 4.39 Å². The van der Waals surface area contributed by atoms with Crippen molar-refractivity contribution in [2.75, 3.05) is 0 Å². The van der Waals surface area contributed by atoms with Crippen LogP contribution in [0.5, 0.6) is 0 Å². The fraction of sp³-hybridized carbons (Fsp3) is 0.375. The lowest BCUT2D eigenvalue weighted by atomic mass is 9.97. The number of nitrogens with two attached hydrogens (primary N) is 1. The molecule has 0 fully saturated rings. The molecule has 2 nitrogen and oxygen atoms in total. The molecule has 0 saturated heterocycles. The Morgan fingerprint density at radius 2 is 1.92 bits per heavy atom. The van der Waals surface area contributed by atoms with E-state index in [0.717, 1.165) is 0 Å². The molecular weight excluding hydrogens is 214 g/mol. The number of pyridine rings is 1. The minimum Gasteiger partial charge on any atom is -0.322 e. The van der Waals surface area contributed by atoms with Crippen LogP contribution in [0.3, 0.4) is 0 Å². The first-order valence-corrected chi connectivity index (χ1v) is 4.39. The molecule has 0 aliphatic carbocycles. The molecule has 0 radical (unpaired) electrons. The Bertz CT molecular complexity index is 334. The molecule has 0 amide bonds. The normalized spacial score (nSPS) is 11.8. The van der Waals surface area contributed by atoms with Crippen molar-refractivity contribution in [2.45, 2.75) is 19.4 Å². The lowest BCUT2D eigenvalue weighted by Gasteiger charge is -2.19. The summed E-state index contributed by atoms with van der Waals surface area (Å²) in [4.78, 5) is 3.62. The molecule has 0 spiro atoms. The monoisotopic (exact) mass is 222 g/mol. The van der Waals surface area contributed by atoms with Gasteiger partial charge in [-0.15, -0.1) is 0 Å². The maximum atomic E-state index is 13.0. The fourth-order valence-corrected chi connectivity index (χ4v) is 1.46. The number of hydrogen-bond acceptors (Lipinski definition) is 2. The molecule has 1 heterocycles. The first kappa shape index (κ1) is 10.7. The second-order valence-electron chi connectivity index (χ2n) is 3.32. The molecule has 0 aliphatic rings. The second-order valence-corrected chi connectivity index (χ2v) is 4.04. The number of nitrogens with zero attached hydrogens (tertiary/aromatic N) is 1. The zero-order chi connectivity index (χ0) is 10.2. The highest BCUT2D eigenvalue weighted by atomic mass is 35.5. The van der Waals surface area contributed by atoms with Gasteiger partial charge in [0, 0.05) is 11.1 Å². The number of aromatic nitrogens is 1. The van der Waals surface area contributed by atoms with Crippen molar-refractivity contribution >= 4 is 23.2 Å². The van der Waals surface area contributed by atoms with E-state index in [4.69, 9.17) is 28.9 Å². The van der Waals surface area contributed by atoms with E-state index in [-0.39, 0.29) is 10.3 Å². The number of rotatable bonds is 1. The summed E-state index contributed by atoms with van der Waals surface area (Å²) in [6.07, 6.45) is 0. The van der Waals surface area contributed by atoms with Crippen LogP contribution in [-0.2, 0) is 5.54 Å². The van der Waals surface area contributed by atoms with Gasteiger partial charge in [-0.05, 0) is 19.9 Å². The average molecular weight is 223 g/mol. The average Bonchev–Trinajstić information content (AvgIpc) is 1.94. The molecule has 0 atom stereocenters. The summed E-state index contributed by atoms with van der Waals surface area (Å²) in [5, 5.41) is -0.100. The van der Waals surface area contributed by atoms with Crippen molar-refractivity contribution < 1.29 is 4.39 Å². The first-order valence-electron chi connectivity index (χ1n) is 3.63. The standard InChI is InChI=1S/C8H9Cl2FN2/c1-8(2,12)4-3-5(11)7(10)13-6(4)9/h3H,12H2,1-2H3. The van der Waals surface area contributed by atoms with E-state index in [1.165, 1.54) is 6.07 Å². The second kappa shape index (κ2) is 3.40. The first-order chi connectivity index (χ1) is 5.82. The van der Waals surface area contributed by atoms with E-state index in [1.807, 2.05) is 0 Å². The van der Waals surface area contributed by atoms with Gasteiger partial charge in [0.1, 0.15) is 5.15 Å². The lowest BCUT2D eigenvalue weighted by molar-refractivity contribution is 0.539. The number of halogens is 3. The third-order valence-corrected chi connectivity index (χ3v) is 2.13. The van der Waals surface area contributed by atoms with Gasteiger partial charge in [0.15, 0.2) is 11.0 Å². The molecule has 13 heavy (non-hydrogen) atoms. The zero-order valence-corrected chi connectivity index (χ0v) is 8.75. The Morgan fingerprint density at radius 3 is 2.38 bits per heavy atom. The molecule has 0 bridgehead atoms. The van der Waals surface area contributed by atoms with Crippen molar-refractivity contribution in [3.63, 3.8) is 0 Å². The molecule has 0 unspecified atom stereocenters. The fourth-order valence-electron chi connectivity index (χ4n) is 0.897. The Balaban J connectivity index is 3.32. The predicted octanol–water partition coefficient (Wildman–Crippen LogP) is 2.72. The van der Waals surface area contributed by atoms with Crippen LogP contribution < -0.4 is 5.73 Å². The van der Waals surface area contributed by atoms with E-state index in [1.54, 1.807) is 13.8 Å². The van der Waals surface area contributed by atoms with Gasteiger partial charge in [-0.25, -0.2) is 9.37 Å². The predicted molar refractivity (Wildman–Crippen MR) is 51.4 cm³/mol. The molecule has 2 N–H and O–H groups in total. The maximum absolute atomic E-state index is 13.0. The van der Waals surface area contributed by atoms with Gasteiger partial charge in [0.05, 0.1) is 0 Å². The van der Waals surface area contributed by atoms with Gasteiger partial charge in [-0.1, -0.05) is 23.2 Å². The highest BCUT2D eigenvalue weighted by Gasteiger charge is 2.20. The van der Waals surface area contributed by atoms with Crippen molar-refractivity contribution in [1.29, 1.82) is 0 Å². The van der Waals surface area contributed by atoms with Gasteiger partial charge in [-0.3, -0.25) is 0 Å². The van der Waals surface area contributed by atoms with E-state index < -0.39 is 11.4 Å². The number of hydrogen-bond donors (Lipinski definition) is 1. The zero-order valence-electron chi connectivity index (χ0n) is 7.24. The van der Waals surface area contributed by atoms with Crippen LogP contribution in [0.25, 0.3) is 0 Å². The SMILES string of the molecule is CC(C)(N)c1cc(F)c(Cl)nc1Cl. The summed E-state index contributed by atoms with van der Waals surface area (Å²) in [5.74, 6) is -0.611. The molecule has 72 valence electrons. The van der Waals surface area contributed by atoms with Crippen LogP contribution in [0.4, 0.5) is 4.39 Å². The summed E-state index contributed by atoms with van der Waals surface area (Å²) in [7, 11) is 0. The molecule has 1 aromatic heterocycles. The molecule has 0 saturated carbocycles. The van der Waals surface area contributed by atoms with Crippen molar-refractivity contribution in [2.24, 2.45) is 5.73 Å². The molecular formula is C8H9Cl2FN2. The summed E-state index contributed by atoms with van der Waals surface area (Å²) in [6, 6.07) is 1.21. The summed E-state index contributed by atoms with van der Waals surface area (Å²) < 4.78 is 13.0. The van der Waals surface area contributed by atoms with Gasteiger partial charge >= 0.3 is 0 Å². The molecule has 5 heteroatoms. The van der Waals surface area contributed by atoms with Crippen LogP contribution in [-0.4, -0.2) is 4.98 Å². The van der Waals surface area contributed by atoms with Crippen LogP contribution in [0.1, 0.15) is 19.4 Å². The van der Waals surface area contributed by atoms with Crippen molar-refractivity contribution in [3.05, 3.63) is 27.8 Å². The highest BCUT2D eigenvalue weighted by molar-refractivity contribution is 6.33. The Morgan fingerprint density at radius 1 is 1.38 bits per heavy atom. The van der Waals surface area contributed by atoms with Gasteiger partial charge in [0.2, 0.25) is 0 Å². The largest absolute Gasteiger partial charge is 0.322 e. The highest BCUT2D eigenvalue weighted by Crippen LogP contribution is 2.27. The molecule has 1 rings (SSSR count). The van der Waals surface area contributed by atoms with Gasteiger partial charge in [0.25, 0.3) is 0 Å². The Hall–Kier alpha value is -0.380. The topological polar surface area (TPSA) is 38.9 Å².